The summed E-state index contributed by atoms with van der Waals surface area (Å²) in [4.78, 5) is 36.5. The summed E-state index contributed by atoms with van der Waals surface area (Å²) >= 11 is 0. The summed E-state index contributed by atoms with van der Waals surface area (Å²) in [6, 6.07) is 1.66. The molecule has 2 N–H and O–H groups in total. The van der Waals surface area contributed by atoms with Crippen LogP contribution >= 0.6 is 0 Å². The molecule has 7 heteroatoms. The molecule has 1 fully saturated rings. The molecule has 2 aliphatic rings. The number of rotatable bonds is 2. The zero-order valence-electron chi connectivity index (χ0n) is 12.5. The average molecular weight is 320 g/mol. The number of fused-ring (bicyclic) bond motifs is 1. The zero-order valence-corrected chi connectivity index (χ0v) is 12.5. The number of carboxylic acid groups (broad SMARTS) is 1. The van der Waals surface area contributed by atoms with E-state index in [1.165, 1.54) is 11.0 Å². The summed E-state index contributed by atoms with van der Waals surface area (Å²) in [5.41, 5.74) is 0.940. The number of carbonyl (C=O) groups is 3. The minimum absolute atomic E-state index is 0.131. The molecule has 0 aromatic heterocycles. The van der Waals surface area contributed by atoms with E-state index in [9.17, 15) is 23.9 Å². The summed E-state index contributed by atoms with van der Waals surface area (Å²) in [5.74, 6) is -2.60. The highest BCUT2D eigenvalue weighted by Gasteiger charge is 2.34. The van der Waals surface area contributed by atoms with Crippen molar-refractivity contribution >= 4 is 23.5 Å². The number of hydrogen-bond acceptors (Lipinski definition) is 3. The summed E-state index contributed by atoms with van der Waals surface area (Å²) in [6.07, 6.45) is 2.54. The molecular weight excluding hydrogens is 303 g/mol. The number of hydrogen-bond donors (Lipinski definition) is 2. The van der Waals surface area contributed by atoms with Crippen LogP contribution < -0.4 is 5.32 Å². The highest BCUT2D eigenvalue weighted by molar-refractivity contribution is 5.99. The van der Waals surface area contributed by atoms with E-state index in [-0.39, 0.29) is 17.9 Å². The number of aliphatic carboxylic acids is 1. The maximum atomic E-state index is 14.3. The molecule has 0 aliphatic carbocycles. The van der Waals surface area contributed by atoms with Crippen molar-refractivity contribution in [2.24, 2.45) is 0 Å². The first-order chi connectivity index (χ1) is 11.0. The fraction of sp³-hybridized carbons (Fsp3) is 0.438. The van der Waals surface area contributed by atoms with Crippen LogP contribution in [0.15, 0.2) is 12.1 Å². The smallest absolute Gasteiger partial charge is 0.326 e. The van der Waals surface area contributed by atoms with Crippen molar-refractivity contribution < 1.29 is 23.9 Å². The van der Waals surface area contributed by atoms with E-state index in [0.29, 0.717) is 37.1 Å². The van der Waals surface area contributed by atoms with Crippen molar-refractivity contribution in [3.8, 4) is 0 Å². The lowest BCUT2D eigenvalue weighted by molar-refractivity contribution is -0.143. The van der Waals surface area contributed by atoms with Crippen molar-refractivity contribution in [2.45, 2.75) is 38.1 Å². The molecule has 0 saturated carbocycles. The molecule has 0 unspecified atom stereocenters. The number of likely N-dealkylation sites (tertiary alicyclic amines) is 1. The highest BCUT2D eigenvalue weighted by atomic mass is 19.1. The molecule has 2 aliphatic heterocycles. The molecule has 0 spiro atoms. The molecule has 1 aromatic carbocycles. The maximum absolute atomic E-state index is 14.3. The first-order valence-corrected chi connectivity index (χ1v) is 7.63. The van der Waals surface area contributed by atoms with Crippen LogP contribution in [-0.4, -0.2) is 40.4 Å². The Labute approximate surface area is 132 Å². The van der Waals surface area contributed by atoms with E-state index in [0.717, 1.165) is 12.5 Å². The molecule has 1 saturated heterocycles. The molecule has 0 radical (unpaired) electrons. The maximum Gasteiger partial charge on any atom is 0.326 e. The van der Waals surface area contributed by atoms with Gasteiger partial charge in [-0.2, -0.15) is 0 Å². The molecule has 0 bridgehead atoms. The SMILES string of the molecule is O=C1CCc2cc(C(=O)N3CCCC[C@H]3C(=O)O)c(F)cc2N1. The van der Waals surface area contributed by atoms with Gasteiger partial charge in [-0.25, -0.2) is 9.18 Å². The number of aryl methyl sites for hydroxylation is 1. The van der Waals surface area contributed by atoms with Gasteiger partial charge in [0.25, 0.3) is 5.91 Å². The molecule has 23 heavy (non-hydrogen) atoms. The first kappa shape index (κ1) is 15.5. The number of piperidine rings is 1. The summed E-state index contributed by atoms with van der Waals surface area (Å²) < 4.78 is 14.3. The van der Waals surface area contributed by atoms with Gasteiger partial charge < -0.3 is 15.3 Å². The quantitative estimate of drug-likeness (QED) is 0.870. The van der Waals surface area contributed by atoms with E-state index in [2.05, 4.69) is 5.32 Å². The van der Waals surface area contributed by atoms with Crippen molar-refractivity contribution in [3.05, 3.63) is 29.1 Å². The number of amides is 2. The van der Waals surface area contributed by atoms with Crippen molar-refractivity contribution in [3.63, 3.8) is 0 Å². The fourth-order valence-electron chi connectivity index (χ4n) is 3.15. The predicted octanol–water partition coefficient (Wildman–Crippen LogP) is 1.79. The Hall–Kier alpha value is -2.44. The molecular formula is C16H17FN2O4. The first-order valence-electron chi connectivity index (χ1n) is 7.63. The average Bonchev–Trinajstić information content (AvgIpc) is 2.53. The van der Waals surface area contributed by atoms with Gasteiger partial charge in [-0.3, -0.25) is 9.59 Å². The highest BCUT2D eigenvalue weighted by Crippen LogP contribution is 2.28. The van der Waals surface area contributed by atoms with Crippen molar-refractivity contribution in [1.82, 2.24) is 4.90 Å². The van der Waals surface area contributed by atoms with Crippen LogP contribution in [0.2, 0.25) is 0 Å². The van der Waals surface area contributed by atoms with Gasteiger partial charge in [-0.05, 0) is 43.4 Å². The van der Waals surface area contributed by atoms with Crippen LogP contribution in [0.25, 0.3) is 0 Å². The molecule has 1 aromatic rings. The predicted molar refractivity (Wildman–Crippen MR) is 79.7 cm³/mol. The van der Waals surface area contributed by atoms with Gasteiger partial charge in [-0.1, -0.05) is 0 Å². The van der Waals surface area contributed by atoms with Gasteiger partial charge >= 0.3 is 5.97 Å². The normalized spacial score (nSPS) is 20.7. The Bertz CT molecular complexity index is 689. The third-order valence-corrected chi connectivity index (χ3v) is 4.37. The van der Waals surface area contributed by atoms with E-state index < -0.39 is 23.7 Å². The van der Waals surface area contributed by atoms with Gasteiger partial charge in [0, 0.05) is 18.7 Å². The largest absolute Gasteiger partial charge is 0.480 e. The van der Waals surface area contributed by atoms with Crippen LogP contribution in [0.5, 0.6) is 0 Å². The van der Waals surface area contributed by atoms with Crippen LogP contribution in [0, 0.1) is 5.82 Å². The van der Waals surface area contributed by atoms with Gasteiger partial charge in [-0.15, -0.1) is 0 Å². The van der Waals surface area contributed by atoms with Crippen LogP contribution in [0.3, 0.4) is 0 Å². The van der Waals surface area contributed by atoms with Crippen LogP contribution in [0.1, 0.15) is 41.6 Å². The molecule has 3 rings (SSSR count). The van der Waals surface area contributed by atoms with Gasteiger partial charge in [0.15, 0.2) is 0 Å². The monoisotopic (exact) mass is 320 g/mol. The number of benzene rings is 1. The Morgan fingerprint density at radius 2 is 2.04 bits per heavy atom. The summed E-state index contributed by atoms with van der Waals surface area (Å²) in [7, 11) is 0. The molecule has 2 heterocycles. The number of nitrogens with zero attached hydrogens (tertiary/aromatic N) is 1. The second-order valence-electron chi connectivity index (χ2n) is 5.89. The standard InChI is InChI=1S/C16H17FN2O4/c17-11-8-12-9(4-5-14(20)18-12)7-10(11)15(21)19-6-2-1-3-13(19)16(22)23/h7-8,13H,1-6H2,(H,18,20)(H,22,23)/t13-/m0/s1. The van der Waals surface area contributed by atoms with Crippen LogP contribution in [0.4, 0.5) is 10.1 Å². The Morgan fingerprint density at radius 1 is 1.26 bits per heavy atom. The second-order valence-corrected chi connectivity index (χ2v) is 5.89. The Balaban J connectivity index is 1.93. The van der Waals surface area contributed by atoms with E-state index in [4.69, 9.17) is 0 Å². The van der Waals surface area contributed by atoms with Gasteiger partial charge in [0.2, 0.25) is 5.91 Å². The van der Waals surface area contributed by atoms with Crippen molar-refractivity contribution in [1.29, 1.82) is 0 Å². The third-order valence-electron chi connectivity index (χ3n) is 4.37. The number of anilines is 1. The minimum Gasteiger partial charge on any atom is -0.480 e. The molecule has 122 valence electrons. The second kappa shape index (κ2) is 5.98. The Morgan fingerprint density at radius 3 is 2.78 bits per heavy atom. The Kier molecular flexibility index (Phi) is 4.02. The van der Waals surface area contributed by atoms with Crippen LogP contribution in [-0.2, 0) is 16.0 Å². The van der Waals surface area contributed by atoms with Gasteiger partial charge in [0.05, 0.1) is 5.56 Å². The molecule has 1 atom stereocenters. The van der Waals surface area contributed by atoms with E-state index >= 15 is 0 Å². The third kappa shape index (κ3) is 2.91. The van der Waals surface area contributed by atoms with Gasteiger partial charge in [0.1, 0.15) is 11.9 Å². The minimum atomic E-state index is -1.07. The lowest BCUT2D eigenvalue weighted by atomic mass is 9.97. The van der Waals surface area contributed by atoms with E-state index in [1.54, 1.807) is 0 Å². The lowest BCUT2D eigenvalue weighted by Crippen LogP contribution is -2.48. The molecule has 6 nitrogen and oxygen atoms in total. The number of halogens is 1. The number of nitrogens with one attached hydrogen (secondary N) is 1. The number of carbonyl (C=O) groups excluding carboxylic acids is 2. The fourth-order valence-corrected chi connectivity index (χ4v) is 3.15. The number of carboxylic acids is 1. The molecule has 2 amide bonds. The topological polar surface area (TPSA) is 86.7 Å². The van der Waals surface area contributed by atoms with Crippen molar-refractivity contribution in [2.75, 3.05) is 11.9 Å². The summed E-state index contributed by atoms with van der Waals surface area (Å²) in [6.45, 7) is 0.309. The lowest BCUT2D eigenvalue weighted by Gasteiger charge is -2.33. The van der Waals surface area contributed by atoms with E-state index in [1.807, 2.05) is 0 Å². The summed E-state index contributed by atoms with van der Waals surface area (Å²) in [5, 5.41) is 11.8. The zero-order chi connectivity index (χ0) is 16.6.